The Kier molecular flexibility index (Phi) is 3.23. The van der Waals surface area contributed by atoms with E-state index in [9.17, 15) is 9.50 Å². The van der Waals surface area contributed by atoms with E-state index in [4.69, 9.17) is 0 Å². The lowest BCUT2D eigenvalue weighted by molar-refractivity contribution is 0.141. The number of rotatable bonds is 2. The van der Waals surface area contributed by atoms with E-state index in [1.54, 1.807) is 12.1 Å². The van der Waals surface area contributed by atoms with Gasteiger partial charge in [0.15, 0.2) is 0 Å². The molecule has 0 aliphatic carbocycles. The van der Waals surface area contributed by atoms with Crippen LogP contribution in [0.5, 0.6) is 0 Å². The van der Waals surface area contributed by atoms with E-state index in [2.05, 4.69) is 15.9 Å². The Hall–Kier alpha value is -0.410. The second-order valence-electron chi connectivity index (χ2n) is 2.62. The molecule has 0 saturated heterocycles. The molecule has 3 heteroatoms. The molecule has 1 N–H and O–H groups in total. The van der Waals surface area contributed by atoms with Crippen LogP contribution in [0.4, 0.5) is 4.39 Å². The molecule has 0 saturated carbocycles. The summed E-state index contributed by atoms with van der Waals surface area (Å²) in [5.74, 6) is 0. The number of halogens is 2. The number of hydrogen-bond acceptors (Lipinski definition) is 1. The minimum atomic E-state index is -0.998. The van der Waals surface area contributed by atoms with Crippen LogP contribution in [-0.4, -0.2) is 11.8 Å². The van der Waals surface area contributed by atoms with Gasteiger partial charge in [-0.3, -0.25) is 0 Å². The first kappa shape index (κ1) is 9.68. The third-order valence-corrected chi connectivity index (χ3v) is 2.67. The van der Waals surface area contributed by atoms with E-state index in [1.807, 2.05) is 13.0 Å². The summed E-state index contributed by atoms with van der Waals surface area (Å²) in [5, 5.41) is 9.24. The summed E-state index contributed by atoms with van der Waals surface area (Å²) in [5.41, 5.74) is 1.54. The van der Waals surface area contributed by atoms with Gasteiger partial charge in [-0.1, -0.05) is 28.1 Å². The molecule has 0 heterocycles. The van der Waals surface area contributed by atoms with Crippen LogP contribution in [0.15, 0.2) is 22.7 Å². The van der Waals surface area contributed by atoms with Crippen molar-refractivity contribution in [2.75, 3.05) is 6.67 Å². The van der Waals surface area contributed by atoms with Crippen LogP contribution in [0.3, 0.4) is 0 Å². The quantitative estimate of drug-likeness (QED) is 0.832. The highest BCUT2D eigenvalue weighted by atomic mass is 79.9. The fourth-order valence-electron chi connectivity index (χ4n) is 1.07. The summed E-state index contributed by atoms with van der Waals surface area (Å²) in [6, 6.07) is 5.37. The fourth-order valence-corrected chi connectivity index (χ4v) is 1.45. The van der Waals surface area contributed by atoms with Crippen LogP contribution in [0.25, 0.3) is 0 Å². The first-order valence-corrected chi connectivity index (χ1v) is 4.45. The maximum absolute atomic E-state index is 12.1. The summed E-state index contributed by atoms with van der Waals surface area (Å²) in [6.07, 6.45) is -0.998. The standard InChI is InChI=1S/C9H10BrFO/c1-6-7(9(12)5-11)3-2-4-8(6)10/h2-4,9,12H,5H2,1H3. The van der Waals surface area contributed by atoms with Gasteiger partial charge in [0.2, 0.25) is 0 Å². The fraction of sp³-hybridized carbons (Fsp3) is 0.333. The summed E-state index contributed by atoms with van der Waals surface area (Å²) in [4.78, 5) is 0. The minimum absolute atomic E-state index is 0.645. The highest BCUT2D eigenvalue weighted by Crippen LogP contribution is 2.24. The van der Waals surface area contributed by atoms with Crippen LogP contribution in [-0.2, 0) is 0 Å². The smallest absolute Gasteiger partial charge is 0.119 e. The van der Waals surface area contributed by atoms with Gasteiger partial charge in [-0.15, -0.1) is 0 Å². The lowest BCUT2D eigenvalue weighted by Gasteiger charge is -2.10. The summed E-state index contributed by atoms with van der Waals surface area (Å²) in [7, 11) is 0. The Balaban J connectivity index is 3.07. The monoisotopic (exact) mass is 232 g/mol. The van der Waals surface area contributed by atoms with Crippen LogP contribution in [0.2, 0.25) is 0 Å². The van der Waals surface area contributed by atoms with Crippen LogP contribution >= 0.6 is 15.9 Å². The molecule has 1 nitrogen and oxygen atoms in total. The Morgan fingerprint density at radius 3 is 2.83 bits per heavy atom. The zero-order chi connectivity index (χ0) is 9.14. The van der Waals surface area contributed by atoms with Gasteiger partial charge >= 0.3 is 0 Å². The van der Waals surface area contributed by atoms with Crippen molar-refractivity contribution in [1.29, 1.82) is 0 Å². The minimum Gasteiger partial charge on any atom is -0.386 e. The predicted octanol–water partition coefficient (Wildman–Crippen LogP) is 2.76. The van der Waals surface area contributed by atoms with Gasteiger partial charge in [-0.2, -0.15) is 0 Å². The van der Waals surface area contributed by atoms with Gasteiger partial charge in [0, 0.05) is 4.47 Å². The van der Waals surface area contributed by atoms with Crippen molar-refractivity contribution in [3.05, 3.63) is 33.8 Å². The van der Waals surface area contributed by atoms with Crippen molar-refractivity contribution in [3.8, 4) is 0 Å². The molecular weight excluding hydrogens is 223 g/mol. The normalized spacial score (nSPS) is 13.0. The number of hydrogen-bond donors (Lipinski definition) is 1. The zero-order valence-electron chi connectivity index (χ0n) is 6.72. The second-order valence-corrected chi connectivity index (χ2v) is 3.48. The highest BCUT2D eigenvalue weighted by Gasteiger charge is 2.10. The molecule has 12 heavy (non-hydrogen) atoms. The lowest BCUT2D eigenvalue weighted by atomic mass is 10.0. The molecule has 0 aliphatic rings. The Morgan fingerprint density at radius 1 is 1.58 bits per heavy atom. The van der Waals surface area contributed by atoms with Gasteiger partial charge in [0.05, 0.1) is 0 Å². The largest absolute Gasteiger partial charge is 0.386 e. The molecule has 0 aromatic heterocycles. The van der Waals surface area contributed by atoms with E-state index >= 15 is 0 Å². The summed E-state index contributed by atoms with van der Waals surface area (Å²) >= 11 is 3.31. The molecule has 66 valence electrons. The van der Waals surface area contributed by atoms with Crippen LogP contribution in [0, 0.1) is 6.92 Å². The first-order valence-electron chi connectivity index (χ1n) is 3.66. The molecule has 1 rings (SSSR count). The van der Waals surface area contributed by atoms with E-state index in [0.29, 0.717) is 5.56 Å². The summed E-state index contributed by atoms with van der Waals surface area (Å²) in [6.45, 7) is 1.11. The lowest BCUT2D eigenvalue weighted by Crippen LogP contribution is -2.01. The van der Waals surface area contributed by atoms with Crippen molar-refractivity contribution in [1.82, 2.24) is 0 Å². The number of benzene rings is 1. The van der Waals surface area contributed by atoms with E-state index in [1.165, 1.54) is 0 Å². The van der Waals surface area contributed by atoms with Crippen molar-refractivity contribution in [2.24, 2.45) is 0 Å². The zero-order valence-corrected chi connectivity index (χ0v) is 8.31. The molecule has 1 aromatic carbocycles. The van der Waals surface area contributed by atoms with Gasteiger partial charge in [-0.05, 0) is 24.1 Å². The van der Waals surface area contributed by atoms with Crippen molar-refractivity contribution in [2.45, 2.75) is 13.0 Å². The molecule has 0 bridgehead atoms. The van der Waals surface area contributed by atoms with Crippen LogP contribution < -0.4 is 0 Å². The van der Waals surface area contributed by atoms with E-state index in [0.717, 1.165) is 10.0 Å². The van der Waals surface area contributed by atoms with E-state index < -0.39 is 12.8 Å². The third kappa shape index (κ3) is 1.84. The highest BCUT2D eigenvalue weighted by molar-refractivity contribution is 9.10. The van der Waals surface area contributed by atoms with Gasteiger partial charge < -0.3 is 5.11 Å². The maximum Gasteiger partial charge on any atom is 0.119 e. The molecule has 0 amide bonds. The predicted molar refractivity (Wildman–Crippen MR) is 49.8 cm³/mol. The molecule has 1 atom stereocenters. The molecule has 0 radical (unpaired) electrons. The first-order chi connectivity index (χ1) is 5.66. The average Bonchev–Trinajstić information content (AvgIpc) is 2.08. The van der Waals surface area contributed by atoms with Crippen molar-refractivity contribution < 1.29 is 9.50 Å². The number of aliphatic hydroxyl groups is 1. The van der Waals surface area contributed by atoms with Crippen molar-refractivity contribution in [3.63, 3.8) is 0 Å². The SMILES string of the molecule is Cc1c(Br)cccc1C(O)CF. The van der Waals surface area contributed by atoms with Gasteiger partial charge in [0.1, 0.15) is 12.8 Å². The van der Waals surface area contributed by atoms with Gasteiger partial charge in [0.25, 0.3) is 0 Å². The molecule has 0 spiro atoms. The summed E-state index contributed by atoms with van der Waals surface area (Å²) < 4.78 is 13.0. The third-order valence-electron chi connectivity index (χ3n) is 1.81. The number of aliphatic hydroxyl groups excluding tert-OH is 1. The Bertz CT molecular complexity index is 275. The Morgan fingerprint density at radius 2 is 2.25 bits per heavy atom. The van der Waals surface area contributed by atoms with Gasteiger partial charge in [-0.25, -0.2) is 4.39 Å². The molecule has 1 aromatic rings. The van der Waals surface area contributed by atoms with Crippen LogP contribution in [0.1, 0.15) is 17.2 Å². The van der Waals surface area contributed by atoms with Crippen molar-refractivity contribution >= 4 is 15.9 Å². The topological polar surface area (TPSA) is 20.2 Å². The molecule has 0 fully saturated rings. The molecule has 1 unspecified atom stereocenters. The second kappa shape index (κ2) is 4.01. The van der Waals surface area contributed by atoms with E-state index in [-0.39, 0.29) is 0 Å². The molecule has 0 aliphatic heterocycles. The Labute approximate surface area is 79.4 Å². The molecular formula is C9H10BrFO. The number of alkyl halides is 1. The average molecular weight is 233 g/mol. The maximum atomic E-state index is 12.1.